The van der Waals surface area contributed by atoms with E-state index < -0.39 is 11.6 Å². The summed E-state index contributed by atoms with van der Waals surface area (Å²) < 4.78 is 5.88. The molecule has 2 fully saturated rings. The average Bonchev–Trinajstić information content (AvgIpc) is 2.38. The van der Waals surface area contributed by atoms with Crippen LogP contribution in [0, 0.1) is 11.3 Å². The molecule has 17 heavy (non-hydrogen) atoms. The van der Waals surface area contributed by atoms with Gasteiger partial charge in [-0.2, -0.15) is 5.26 Å². The van der Waals surface area contributed by atoms with Crippen LogP contribution in [0.1, 0.15) is 32.1 Å². The van der Waals surface area contributed by atoms with Gasteiger partial charge in [0.2, 0.25) is 5.91 Å². The first-order valence-corrected chi connectivity index (χ1v) is 6.66. The third-order valence-electron chi connectivity index (χ3n) is 3.75. The van der Waals surface area contributed by atoms with Gasteiger partial charge in [-0.15, -0.1) is 11.6 Å². The number of nitrogens with zero attached hydrogens (tertiary/aromatic N) is 2. The minimum Gasteiger partial charge on any atom is -0.372 e. The predicted octanol–water partition coefficient (Wildman–Crippen LogP) is 1.68. The predicted molar refractivity (Wildman–Crippen MR) is 63.6 cm³/mol. The van der Waals surface area contributed by atoms with E-state index in [0.29, 0.717) is 13.2 Å². The van der Waals surface area contributed by atoms with Gasteiger partial charge in [0.15, 0.2) is 0 Å². The number of rotatable bonds is 1. The molecule has 1 spiro atoms. The topological polar surface area (TPSA) is 53.3 Å². The summed E-state index contributed by atoms with van der Waals surface area (Å²) in [6.07, 6.45) is 4.75. The number of halogens is 1. The van der Waals surface area contributed by atoms with Gasteiger partial charge in [-0.1, -0.05) is 0 Å². The van der Waals surface area contributed by atoms with Crippen molar-refractivity contribution in [1.82, 2.24) is 4.90 Å². The van der Waals surface area contributed by atoms with Gasteiger partial charge in [0, 0.05) is 13.2 Å². The van der Waals surface area contributed by atoms with Crippen molar-refractivity contribution < 1.29 is 9.53 Å². The van der Waals surface area contributed by atoms with Crippen LogP contribution in [0.3, 0.4) is 0 Å². The number of amides is 1. The van der Waals surface area contributed by atoms with E-state index in [1.54, 1.807) is 4.90 Å². The van der Waals surface area contributed by atoms with Crippen molar-refractivity contribution in [2.45, 2.75) is 43.7 Å². The monoisotopic (exact) mass is 256 g/mol. The smallest absolute Gasteiger partial charge is 0.238 e. The highest BCUT2D eigenvalue weighted by Crippen LogP contribution is 2.38. The lowest BCUT2D eigenvalue weighted by atomic mass is 9.79. The molecule has 2 rings (SSSR count). The van der Waals surface area contributed by atoms with Crippen molar-refractivity contribution in [3.63, 3.8) is 0 Å². The molecular formula is C12H17ClN2O2. The van der Waals surface area contributed by atoms with Crippen LogP contribution in [0.2, 0.25) is 0 Å². The average molecular weight is 257 g/mol. The lowest BCUT2D eigenvalue weighted by Crippen LogP contribution is -2.60. The van der Waals surface area contributed by atoms with E-state index in [4.69, 9.17) is 16.3 Å². The number of likely N-dealkylation sites (tertiary alicyclic amines) is 1. The van der Waals surface area contributed by atoms with Crippen molar-refractivity contribution in [3.8, 4) is 6.07 Å². The number of piperidine rings is 1. The molecule has 0 aromatic rings. The number of carbonyl (C=O) groups is 1. The standard InChI is InChI=1S/C12H17ClN2O2/c13-8-11(16)15-6-3-5-12(10(15)9-14)4-1-2-7-17-12/h10H,1-8H2. The fraction of sp³-hybridized carbons (Fsp3) is 0.833. The van der Waals surface area contributed by atoms with Crippen LogP contribution in [0.25, 0.3) is 0 Å². The molecule has 0 N–H and O–H groups in total. The molecule has 4 nitrogen and oxygen atoms in total. The van der Waals surface area contributed by atoms with Gasteiger partial charge in [-0.05, 0) is 32.1 Å². The Kier molecular flexibility index (Phi) is 3.90. The highest BCUT2D eigenvalue weighted by Gasteiger charge is 2.48. The van der Waals surface area contributed by atoms with Gasteiger partial charge < -0.3 is 9.64 Å². The normalized spacial score (nSPS) is 33.4. The van der Waals surface area contributed by atoms with E-state index in [1.807, 2.05) is 0 Å². The first kappa shape index (κ1) is 12.7. The molecule has 0 aromatic carbocycles. The van der Waals surface area contributed by atoms with E-state index in [2.05, 4.69) is 6.07 Å². The molecule has 0 aromatic heterocycles. The van der Waals surface area contributed by atoms with Crippen LogP contribution in [0.5, 0.6) is 0 Å². The van der Waals surface area contributed by atoms with Crippen molar-refractivity contribution in [3.05, 3.63) is 0 Å². The fourth-order valence-electron chi connectivity index (χ4n) is 2.92. The summed E-state index contributed by atoms with van der Waals surface area (Å²) in [6, 6.07) is 1.78. The fourth-order valence-corrected chi connectivity index (χ4v) is 3.07. The number of alkyl halides is 1. The van der Waals surface area contributed by atoms with E-state index in [1.165, 1.54) is 0 Å². The molecule has 0 aliphatic carbocycles. The molecule has 0 radical (unpaired) electrons. The van der Waals surface area contributed by atoms with Gasteiger partial charge in [0.1, 0.15) is 17.5 Å². The van der Waals surface area contributed by atoms with Crippen LogP contribution in [0.4, 0.5) is 0 Å². The molecule has 0 saturated carbocycles. The van der Waals surface area contributed by atoms with Crippen molar-refractivity contribution in [1.29, 1.82) is 5.26 Å². The van der Waals surface area contributed by atoms with Gasteiger partial charge in [-0.25, -0.2) is 0 Å². The Morgan fingerprint density at radius 2 is 2.24 bits per heavy atom. The molecule has 2 saturated heterocycles. The number of nitriles is 1. The molecule has 2 aliphatic heterocycles. The zero-order chi connectivity index (χ0) is 12.3. The second-order valence-electron chi connectivity index (χ2n) is 4.73. The zero-order valence-corrected chi connectivity index (χ0v) is 10.6. The summed E-state index contributed by atoms with van der Waals surface area (Å²) in [5, 5.41) is 9.36. The summed E-state index contributed by atoms with van der Waals surface area (Å²) in [4.78, 5) is 13.3. The Morgan fingerprint density at radius 1 is 1.47 bits per heavy atom. The minimum absolute atomic E-state index is 0.0613. The Morgan fingerprint density at radius 3 is 2.82 bits per heavy atom. The zero-order valence-electron chi connectivity index (χ0n) is 9.82. The number of hydrogen-bond acceptors (Lipinski definition) is 3. The molecule has 1 amide bonds. The number of hydrogen-bond donors (Lipinski definition) is 0. The van der Waals surface area contributed by atoms with Gasteiger partial charge >= 0.3 is 0 Å². The first-order valence-electron chi connectivity index (χ1n) is 6.12. The minimum atomic E-state index is -0.470. The summed E-state index contributed by atoms with van der Waals surface area (Å²) in [5.74, 6) is -0.222. The lowest BCUT2D eigenvalue weighted by molar-refractivity contribution is -0.157. The Balaban J connectivity index is 2.21. The number of carbonyl (C=O) groups excluding carboxylic acids is 1. The second kappa shape index (κ2) is 5.24. The number of ether oxygens (including phenoxy) is 1. The molecular weight excluding hydrogens is 240 g/mol. The molecule has 2 heterocycles. The third kappa shape index (κ3) is 2.27. The molecule has 0 bridgehead atoms. The quantitative estimate of drug-likeness (QED) is 0.671. The van der Waals surface area contributed by atoms with E-state index in [-0.39, 0.29) is 11.8 Å². The maximum atomic E-state index is 11.7. The molecule has 2 atom stereocenters. The Hall–Kier alpha value is -0.790. The van der Waals surface area contributed by atoms with Crippen LogP contribution < -0.4 is 0 Å². The van der Waals surface area contributed by atoms with Crippen LogP contribution >= 0.6 is 11.6 Å². The van der Waals surface area contributed by atoms with E-state index >= 15 is 0 Å². The van der Waals surface area contributed by atoms with Gasteiger partial charge in [0.05, 0.1) is 6.07 Å². The third-order valence-corrected chi connectivity index (χ3v) is 3.98. The largest absolute Gasteiger partial charge is 0.372 e. The van der Waals surface area contributed by atoms with Crippen LogP contribution in [-0.2, 0) is 9.53 Å². The van der Waals surface area contributed by atoms with Crippen molar-refractivity contribution in [2.24, 2.45) is 0 Å². The summed E-state index contributed by atoms with van der Waals surface area (Å²) in [5.41, 5.74) is -0.438. The van der Waals surface area contributed by atoms with E-state index in [9.17, 15) is 10.1 Å². The van der Waals surface area contributed by atoms with Crippen molar-refractivity contribution >= 4 is 17.5 Å². The first-order chi connectivity index (χ1) is 8.23. The van der Waals surface area contributed by atoms with E-state index in [0.717, 1.165) is 32.1 Å². The Bertz CT molecular complexity index is 328. The summed E-state index contributed by atoms with van der Waals surface area (Å²) >= 11 is 5.59. The van der Waals surface area contributed by atoms with Gasteiger partial charge in [0.25, 0.3) is 0 Å². The lowest BCUT2D eigenvalue weighted by Gasteiger charge is -2.48. The Labute approximate surface area is 106 Å². The van der Waals surface area contributed by atoms with Crippen LogP contribution in [0.15, 0.2) is 0 Å². The highest BCUT2D eigenvalue weighted by atomic mass is 35.5. The highest BCUT2D eigenvalue weighted by molar-refractivity contribution is 6.27. The molecule has 2 aliphatic rings. The molecule has 5 heteroatoms. The maximum absolute atomic E-state index is 11.7. The van der Waals surface area contributed by atoms with Gasteiger partial charge in [-0.3, -0.25) is 4.79 Å². The second-order valence-corrected chi connectivity index (χ2v) is 4.99. The molecule has 2 unspecified atom stereocenters. The molecule has 94 valence electrons. The SMILES string of the molecule is N#CC1N(C(=O)CCl)CCCC12CCCCO2. The maximum Gasteiger partial charge on any atom is 0.238 e. The summed E-state index contributed by atoms with van der Waals surface area (Å²) in [6.45, 7) is 1.32. The van der Waals surface area contributed by atoms with Crippen LogP contribution in [-0.4, -0.2) is 41.5 Å². The summed E-state index contributed by atoms with van der Waals surface area (Å²) in [7, 11) is 0. The van der Waals surface area contributed by atoms with Crippen molar-refractivity contribution in [2.75, 3.05) is 19.0 Å².